The summed E-state index contributed by atoms with van der Waals surface area (Å²) in [6, 6.07) is 13.6. The second-order valence-corrected chi connectivity index (χ2v) is 9.27. The first-order valence-corrected chi connectivity index (χ1v) is 11.0. The van der Waals surface area contributed by atoms with Crippen LogP contribution in [0.5, 0.6) is 0 Å². The normalized spacial score (nSPS) is 11.7. The molecule has 1 heterocycles. The number of nitrogens with zero attached hydrogens (tertiary/aromatic N) is 3. The maximum atomic E-state index is 12.5. The second-order valence-electron chi connectivity index (χ2n) is 5.52. The molecule has 0 bridgehead atoms. The van der Waals surface area contributed by atoms with E-state index in [1.807, 2.05) is 0 Å². The fourth-order valence-electron chi connectivity index (χ4n) is 2.28. The van der Waals surface area contributed by atoms with Crippen LogP contribution in [0.25, 0.3) is 0 Å². The minimum Gasteiger partial charge on any atom is -0.308 e. The van der Waals surface area contributed by atoms with Gasteiger partial charge in [-0.2, -0.15) is 0 Å². The zero-order valence-electron chi connectivity index (χ0n) is 13.8. The number of hydrogen-bond acceptors (Lipinski definition) is 5. The zero-order chi connectivity index (χ0) is 18.7. The number of thioether (sulfide) groups is 1. The highest BCUT2D eigenvalue weighted by molar-refractivity contribution is 7.98. The molecular formula is C17H15Cl2N3O2S2. The fourth-order valence-corrected chi connectivity index (χ4v) is 5.29. The van der Waals surface area contributed by atoms with E-state index in [1.54, 1.807) is 60.1 Å². The first-order valence-electron chi connectivity index (χ1n) is 7.60. The van der Waals surface area contributed by atoms with E-state index in [1.165, 1.54) is 11.8 Å². The van der Waals surface area contributed by atoms with Gasteiger partial charge in [-0.05, 0) is 29.8 Å². The predicted octanol–water partition coefficient (Wildman–Crippen LogP) is 4.39. The Bertz CT molecular complexity index is 1000. The smallest absolute Gasteiger partial charge is 0.191 e. The SMILES string of the molecule is Cn1c(CS(=O)(=O)c2ccccc2)nnc1SCc1c(Cl)cccc1Cl. The van der Waals surface area contributed by atoms with Crippen molar-refractivity contribution in [2.45, 2.75) is 21.6 Å². The number of halogens is 2. The van der Waals surface area contributed by atoms with Crippen LogP contribution in [-0.4, -0.2) is 23.2 Å². The number of rotatable bonds is 6. The standard InChI is InChI=1S/C17H15Cl2N3O2S2/c1-22-16(11-26(23,24)12-6-3-2-4-7-12)20-21-17(22)25-10-13-14(18)8-5-9-15(13)19/h2-9H,10-11H2,1H3. The molecule has 0 radical (unpaired) electrons. The molecule has 0 N–H and O–H groups in total. The largest absolute Gasteiger partial charge is 0.308 e. The summed E-state index contributed by atoms with van der Waals surface area (Å²) in [5.74, 6) is 0.672. The van der Waals surface area contributed by atoms with Crippen LogP contribution in [0.1, 0.15) is 11.4 Å². The number of sulfone groups is 1. The van der Waals surface area contributed by atoms with Gasteiger partial charge in [-0.25, -0.2) is 8.42 Å². The lowest BCUT2D eigenvalue weighted by Crippen LogP contribution is -2.09. The van der Waals surface area contributed by atoms with Crippen molar-refractivity contribution >= 4 is 44.8 Å². The average Bonchev–Trinajstić information content (AvgIpc) is 2.95. The molecular weight excluding hydrogens is 413 g/mol. The lowest BCUT2D eigenvalue weighted by molar-refractivity contribution is 0.591. The Hall–Kier alpha value is -1.54. The number of aromatic nitrogens is 3. The Morgan fingerprint density at radius 1 is 1.00 bits per heavy atom. The van der Waals surface area contributed by atoms with E-state index in [9.17, 15) is 8.42 Å². The average molecular weight is 428 g/mol. The molecule has 0 atom stereocenters. The lowest BCUT2D eigenvalue weighted by Gasteiger charge is -2.07. The zero-order valence-corrected chi connectivity index (χ0v) is 16.9. The molecule has 2 aromatic carbocycles. The highest BCUT2D eigenvalue weighted by Crippen LogP contribution is 2.31. The third-order valence-electron chi connectivity index (χ3n) is 3.75. The molecule has 0 saturated heterocycles. The molecule has 9 heteroatoms. The topological polar surface area (TPSA) is 64.8 Å². The van der Waals surface area contributed by atoms with Gasteiger partial charge in [-0.15, -0.1) is 10.2 Å². The van der Waals surface area contributed by atoms with Gasteiger partial charge in [0.25, 0.3) is 0 Å². The Kier molecular flexibility index (Phi) is 5.92. The highest BCUT2D eigenvalue weighted by atomic mass is 35.5. The molecule has 0 spiro atoms. The van der Waals surface area contributed by atoms with Gasteiger partial charge in [0.15, 0.2) is 15.0 Å². The summed E-state index contributed by atoms with van der Waals surface area (Å²) in [5, 5.41) is 9.89. The molecule has 0 fully saturated rings. The van der Waals surface area contributed by atoms with Crippen molar-refractivity contribution in [3.63, 3.8) is 0 Å². The van der Waals surface area contributed by atoms with Gasteiger partial charge in [0, 0.05) is 22.8 Å². The quantitative estimate of drug-likeness (QED) is 0.545. The molecule has 1 aromatic heterocycles. The van der Waals surface area contributed by atoms with E-state index >= 15 is 0 Å². The maximum absolute atomic E-state index is 12.5. The van der Waals surface area contributed by atoms with E-state index in [0.717, 1.165) is 5.56 Å². The van der Waals surface area contributed by atoms with Gasteiger partial charge in [0.05, 0.1) is 4.90 Å². The molecule has 0 aliphatic heterocycles. The van der Waals surface area contributed by atoms with E-state index in [4.69, 9.17) is 23.2 Å². The van der Waals surface area contributed by atoms with Crippen LogP contribution in [-0.2, 0) is 28.4 Å². The summed E-state index contributed by atoms with van der Waals surface area (Å²) in [7, 11) is -1.74. The first kappa shape index (κ1) is 19.2. The molecule has 0 amide bonds. The Labute approximate surface area is 166 Å². The fraction of sp³-hybridized carbons (Fsp3) is 0.176. The Balaban J connectivity index is 1.76. The molecule has 3 aromatic rings. The summed E-state index contributed by atoms with van der Waals surface area (Å²) < 4.78 is 26.7. The van der Waals surface area contributed by atoms with Gasteiger partial charge >= 0.3 is 0 Å². The van der Waals surface area contributed by atoms with Crippen LogP contribution < -0.4 is 0 Å². The minimum absolute atomic E-state index is 0.214. The minimum atomic E-state index is -3.48. The lowest BCUT2D eigenvalue weighted by atomic mass is 10.2. The van der Waals surface area contributed by atoms with Gasteiger partial charge in [-0.3, -0.25) is 0 Å². The van der Waals surface area contributed by atoms with Crippen molar-refractivity contribution in [3.8, 4) is 0 Å². The summed E-state index contributed by atoms with van der Waals surface area (Å²) >= 11 is 13.7. The predicted molar refractivity (Wildman–Crippen MR) is 104 cm³/mol. The van der Waals surface area contributed by atoms with Crippen LogP contribution in [0.2, 0.25) is 10.0 Å². The Morgan fingerprint density at radius 2 is 1.65 bits per heavy atom. The molecule has 136 valence electrons. The van der Waals surface area contributed by atoms with Crippen molar-refractivity contribution in [1.82, 2.24) is 14.8 Å². The van der Waals surface area contributed by atoms with Crippen molar-refractivity contribution in [2.75, 3.05) is 0 Å². The van der Waals surface area contributed by atoms with E-state index in [2.05, 4.69) is 10.2 Å². The number of hydrogen-bond donors (Lipinski definition) is 0. The number of benzene rings is 2. The third kappa shape index (κ3) is 4.23. The van der Waals surface area contributed by atoms with E-state index in [-0.39, 0.29) is 10.6 Å². The monoisotopic (exact) mass is 427 g/mol. The first-order chi connectivity index (χ1) is 12.4. The van der Waals surface area contributed by atoms with Crippen molar-refractivity contribution in [2.24, 2.45) is 7.05 Å². The van der Waals surface area contributed by atoms with E-state index in [0.29, 0.717) is 26.8 Å². The van der Waals surface area contributed by atoms with Crippen LogP contribution in [0, 0.1) is 0 Å². The van der Waals surface area contributed by atoms with E-state index < -0.39 is 9.84 Å². The second kappa shape index (κ2) is 8.00. The molecule has 0 saturated carbocycles. The highest BCUT2D eigenvalue weighted by Gasteiger charge is 2.20. The third-order valence-corrected chi connectivity index (χ3v) is 7.14. The van der Waals surface area contributed by atoms with Crippen molar-refractivity contribution in [3.05, 3.63) is 70.0 Å². The van der Waals surface area contributed by atoms with Gasteiger partial charge < -0.3 is 4.57 Å². The molecule has 0 aliphatic carbocycles. The van der Waals surface area contributed by atoms with Crippen LogP contribution >= 0.6 is 35.0 Å². The van der Waals surface area contributed by atoms with Crippen molar-refractivity contribution in [1.29, 1.82) is 0 Å². The molecule has 3 rings (SSSR count). The maximum Gasteiger partial charge on any atom is 0.191 e. The molecule has 5 nitrogen and oxygen atoms in total. The summed E-state index contributed by atoms with van der Waals surface area (Å²) in [6.45, 7) is 0. The van der Waals surface area contributed by atoms with Crippen LogP contribution in [0.4, 0.5) is 0 Å². The van der Waals surface area contributed by atoms with Crippen molar-refractivity contribution < 1.29 is 8.42 Å². The molecule has 0 aliphatic rings. The van der Waals surface area contributed by atoms with Gasteiger partial charge in [0.2, 0.25) is 0 Å². The summed E-state index contributed by atoms with van der Waals surface area (Å²) in [5.41, 5.74) is 0.808. The molecule has 0 unspecified atom stereocenters. The summed E-state index contributed by atoms with van der Waals surface area (Å²) in [6.07, 6.45) is 0. The van der Waals surface area contributed by atoms with Crippen LogP contribution in [0.15, 0.2) is 58.6 Å². The van der Waals surface area contributed by atoms with Gasteiger partial charge in [-0.1, -0.05) is 59.2 Å². The van der Waals surface area contributed by atoms with Gasteiger partial charge in [0.1, 0.15) is 11.6 Å². The summed E-state index contributed by atoms with van der Waals surface area (Å²) in [4.78, 5) is 0.264. The van der Waals surface area contributed by atoms with Crippen LogP contribution in [0.3, 0.4) is 0 Å². The molecule has 26 heavy (non-hydrogen) atoms. The Morgan fingerprint density at radius 3 is 2.31 bits per heavy atom.